The Hall–Kier alpha value is -2.61. The zero-order valence-electron chi connectivity index (χ0n) is 17.1. The van der Waals surface area contributed by atoms with Gasteiger partial charge in [-0.2, -0.15) is 0 Å². The summed E-state index contributed by atoms with van der Waals surface area (Å²) in [5.74, 6) is -0.424. The number of thioether (sulfide) groups is 1. The summed E-state index contributed by atoms with van der Waals surface area (Å²) in [5.41, 5.74) is 1.60. The maximum atomic E-state index is 12.9. The van der Waals surface area contributed by atoms with Crippen molar-refractivity contribution in [2.24, 2.45) is 10.9 Å². The van der Waals surface area contributed by atoms with E-state index < -0.39 is 18.0 Å². The van der Waals surface area contributed by atoms with Crippen LogP contribution in [0.1, 0.15) is 46.2 Å². The molecule has 0 aromatic heterocycles. The smallest absolute Gasteiger partial charge is 0.338 e. The number of hydrogen-bond acceptors (Lipinski definition) is 7. The predicted molar refractivity (Wildman–Crippen MR) is 110 cm³/mol. The first kappa shape index (κ1) is 21.1. The van der Waals surface area contributed by atoms with Crippen molar-refractivity contribution in [2.45, 2.75) is 45.9 Å². The van der Waals surface area contributed by atoms with Gasteiger partial charge in [0.2, 0.25) is 5.91 Å². The number of amidine groups is 1. The molecule has 29 heavy (non-hydrogen) atoms. The van der Waals surface area contributed by atoms with Crippen molar-refractivity contribution in [3.63, 3.8) is 0 Å². The first-order chi connectivity index (χ1) is 13.7. The number of fused-ring (bicyclic) bond motifs is 1. The van der Waals surface area contributed by atoms with E-state index in [4.69, 9.17) is 9.47 Å². The molecule has 2 aliphatic rings. The van der Waals surface area contributed by atoms with Crippen LogP contribution in [0.15, 0.2) is 40.5 Å². The third-order valence-electron chi connectivity index (χ3n) is 4.48. The monoisotopic (exact) mass is 416 g/mol. The van der Waals surface area contributed by atoms with Gasteiger partial charge >= 0.3 is 11.9 Å². The van der Waals surface area contributed by atoms with Crippen LogP contribution in [-0.2, 0) is 19.1 Å². The van der Waals surface area contributed by atoms with Gasteiger partial charge in [-0.1, -0.05) is 37.7 Å². The van der Waals surface area contributed by atoms with E-state index in [1.54, 1.807) is 36.1 Å². The van der Waals surface area contributed by atoms with Crippen LogP contribution in [0.25, 0.3) is 0 Å². The van der Waals surface area contributed by atoms with Gasteiger partial charge in [0, 0.05) is 6.92 Å². The zero-order chi connectivity index (χ0) is 21.3. The fourth-order valence-corrected chi connectivity index (χ4v) is 4.21. The van der Waals surface area contributed by atoms with Crippen LogP contribution < -0.4 is 4.74 Å². The van der Waals surface area contributed by atoms with Gasteiger partial charge in [0.05, 0.1) is 29.2 Å². The number of carbonyl (C=O) groups is 3. The number of rotatable bonds is 5. The maximum Gasteiger partial charge on any atom is 0.338 e. The molecule has 8 heteroatoms. The molecule has 3 rings (SSSR count). The van der Waals surface area contributed by atoms with Crippen LogP contribution in [0.5, 0.6) is 5.75 Å². The summed E-state index contributed by atoms with van der Waals surface area (Å²) in [6, 6.07) is 6.14. The van der Waals surface area contributed by atoms with Gasteiger partial charge in [-0.15, -0.1) is 0 Å². The Morgan fingerprint density at radius 2 is 1.90 bits per heavy atom. The molecule has 1 fully saturated rings. The summed E-state index contributed by atoms with van der Waals surface area (Å²) in [4.78, 5) is 43.0. The van der Waals surface area contributed by atoms with Crippen LogP contribution in [0, 0.1) is 5.92 Å². The van der Waals surface area contributed by atoms with E-state index in [1.165, 1.54) is 18.7 Å². The minimum Gasteiger partial charge on any atom is -0.462 e. The van der Waals surface area contributed by atoms with Gasteiger partial charge in [0.25, 0.3) is 0 Å². The number of hydrogen-bond donors (Lipinski definition) is 0. The van der Waals surface area contributed by atoms with Crippen LogP contribution in [-0.4, -0.2) is 39.8 Å². The van der Waals surface area contributed by atoms with Crippen molar-refractivity contribution in [2.75, 3.05) is 6.61 Å². The lowest BCUT2D eigenvalue weighted by Gasteiger charge is -2.33. The fourth-order valence-electron chi connectivity index (χ4n) is 3.18. The highest BCUT2D eigenvalue weighted by Gasteiger charge is 2.46. The van der Waals surface area contributed by atoms with Crippen molar-refractivity contribution in [1.82, 2.24) is 4.90 Å². The molecule has 0 N–H and O–H groups in total. The predicted octanol–water partition coefficient (Wildman–Crippen LogP) is 3.46. The minimum absolute atomic E-state index is 0.107. The first-order valence-corrected chi connectivity index (χ1v) is 10.3. The normalized spacial score (nSPS) is 21.2. The van der Waals surface area contributed by atoms with Crippen LogP contribution >= 0.6 is 11.8 Å². The van der Waals surface area contributed by atoms with E-state index in [-0.39, 0.29) is 23.7 Å². The summed E-state index contributed by atoms with van der Waals surface area (Å²) in [5, 5.41) is 0.296. The Morgan fingerprint density at radius 1 is 1.24 bits per heavy atom. The lowest BCUT2D eigenvalue weighted by molar-refractivity contribution is -0.141. The largest absolute Gasteiger partial charge is 0.462 e. The van der Waals surface area contributed by atoms with Gasteiger partial charge in [0.1, 0.15) is 5.75 Å². The maximum absolute atomic E-state index is 12.9. The quantitative estimate of drug-likeness (QED) is 0.540. The third kappa shape index (κ3) is 4.37. The molecule has 1 amide bonds. The average Bonchev–Trinajstić information content (AvgIpc) is 2.92. The minimum atomic E-state index is -0.640. The molecule has 0 bridgehead atoms. The average molecular weight is 416 g/mol. The van der Waals surface area contributed by atoms with E-state index >= 15 is 0 Å². The molecule has 1 aromatic rings. The Bertz CT molecular complexity index is 904. The number of ether oxygens (including phenoxy) is 2. The molecular formula is C21H24N2O5S. The zero-order valence-corrected chi connectivity index (χ0v) is 17.9. The molecule has 0 spiro atoms. The number of aliphatic imine (C=N–C) groups is 1. The molecule has 0 saturated carbocycles. The summed E-state index contributed by atoms with van der Waals surface area (Å²) in [6.07, 6.45) is 0. The first-order valence-electron chi connectivity index (χ1n) is 9.43. The number of carbonyl (C=O) groups excluding carboxylic acids is 3. The Labute approximate surface area is 174 Å². The van der Waals surface area contributed by atoms with Gasteiger partial charge in [0.15, 0.2) is 5.17 Å². The standard InChI is InChI=1S/C21H24N2O5S/c1-11(2)10-27-20(26)17-12(3)22-21-23(19(25)13(4)29-21)18(17)15-6-8-16(9-7-15)28-14(5)24/h6-9,11,13,18H,10H2,1-5H3/t13-,18+/m0/s1. The molecule has 2 atom stereocenters. The summed E-state index contributed by atoms with van der Waals surface area (Å²) in [6.45, 7) is 9.10. The summed E-state index contributed by atoms with van der Waals surface area (Å²) in [7, 11) is 0. The number of nitrogens with zero attached hydrogens (tertiary/aromatic N) is 2. The van der Waals surface area contributed by atoms with Crippen molar-refractivity contribution < 1.29 is 23.9 Å². The van der Waals surface area contributed by atoms with Gasteiger partial charge in [-0.05, 0) is 37.5 Å². The molecule has 1 saturated heterocycles. The van der Waals surface area contributed by atoms with E-state index in [0.29, 0.717) is 27.8 Å². The second-order valence-corrected chi connectivity index (χ2v) is 8.73. The number of allylic oxidation sites excluding steroid dienone is 1. The number of esters is 2. The molecule has 0 aliphatic carbocycles. The van der Waals surface area contributed by atoms with Crippen molar-refractivity contribution in [3.8, 4) is 5.75 Å². The summed E-state index contributed by atoms with van der Waals surface area (Å²) < 4.78 is 10.6. The molecule has 7 nitrogen and oxygen atoms in total. The highest BCUT2D eigenvalue weighted by Crippen LogP contribution is 2.43. The van der Waals surface area contributed by atoms with Crippen molar-refractivity contribution >= 4 is 34.8 Å². The van der Waals surface area contributed by atoms with Gasteiger partial charge in [-0.25, -0.2) is 9.79 Å². The molecule has 2 aliphatic heterocycles. The van der Waals surface area contributed by atoms with E-state index in [9.17, 15) is 14.4 Å². The SMILES string of the molecule is CC(=O)Oc1ccc([C@@H]2C(C(=O)OCC(C)C)=C(C)N=C3S[C@@H](C)C(=O)N32)cc1. The van der Waals surface area contributed by atoms with Crippen LogP contribution in [0.4, 0.5) is 0 Å². The number of benzene rings is 1. The second kappa shape index (κ2) is 8.41. The topological polar surface area (TPSA) is 85.3 Å². The van der Waals surface area contributed by atoms with Crippen LogP contribution in [0.2, 0.25) is 0 Å². The molecular weight excluding hydrogens is 392 g/mol. The highest BCUT2D eigenvalue weighted by molar-refractivity contribution is 8.15. The number of amides is 1. The van der Waals surface area contributed by atoms with E-state index in [0.717, 1.165) is 0 Å². The lowest BCUT2D eigenvalue weighted by atomic mass is 9.94. The fraction of sp³-hybridized carbons (Fsp3) is 0.429. The molecule has 0 unspecified atom stereocenters. The van der Waals surface area contributed by atoms with Crippen molar-refractivity contribution in [1.29, 1.82) is 0 Å². The summed E-state index contributed by atoms with van der Waals surface area (Å²) >= 11 is 1.37. The van der Waals surface area contributed by atoms with E-state index in [2.05, 4.69) is 4.99 Å². The molecule has 1 aromatic carbocycles. The van der Waals surface area contributed by atoms with E-state index in [1.807, 2.05) is 20.8 Å². The third-order valence-corrected chi connectivity index (χ3v) is 5.54. The Morgan fingerprint density at radius 3 is 2.48 bits per heavy atom. The van der Waals surface area contributed by atoms with Gasteiger partial charge in [-0.3, -0.25) is 14.5 Å². The molecule has 0 radical (unpaired) electrons. The van der Waals surface area contributed by atoms with Crippen molar-refractivity contribution in [3.05, 3.63) is 41.1 Å². The highest BCUT2D eigenvalue weighted by atomic mass is 32.2. The van der Waals surface area contributed by atoms with Crippen LogP contribution in [0.3, 0.4) is 0 Å². The Kier molecular flexibility index (Phi) is 6.12. The molecule has 154 valence electrons. The molecule has 2 heterocycles. The lowest BCUT2D eigenvalue weighted by Crippen LogP contribution is -2.40. The Balaban J connectivity index is 2.02. The second-order valence-electron chi connectivity index (χ2n) is 7.42. The van der Waals surface area contributed by atoms with Gasteiger partial charge < -0.3 is 9.47 Å².